The predicted octanol–water partition coefficient (Wildman–Crippen LogP) is 2.29. The summed E-state index contributed by atoms with van der Waals surface area (Å²) < 4.78 is 0. The maximum absolute atomic E-state index is 10.9. The van der Waals surface area contributed by atoms with E-state index in [-0.39, 0.29) is 11.3 Å². The highest BCUT2D eigenvalue weighted by atomic mass is 16.3. The lowest BCUT2D eigenvalue weighted by Crippen LogP contribution is -1.94. The summed E-state index contributed by atoms with van der Waals surface area (Å²) in [5, 5.41) is 34.5. The van der Waals surface area contributed by atoms with Crippen LogP contribution in [0.4, 0.5) is 0 Å². The second kappa shape index (κ2) is 12.3. The standard InChI is InChI=1S/C10H10O.C8H7NO3.CH4O/c1-2-6-10(11)9-7-4-3-5-8-9;1-9-8(12)5-3-2-4-6(10)7(5)11;1-2/h1,3-5,7-8,10-11H,6H2;2-4,10-11H,1H2;2H,1H3. The molecule has 2 rings (SSSR count). The third kappa shape index (κ3) is 7.31. The number of aliphatic hydroxyl groups is 2. The number of benzene rings is 2. The molecule has 0 aromatic heterocycles. The van der Waals surface area contributed by atoms with E-state index < -0.39 is 17.8 Å². The molecule has 6 nitrogen and oxygen atoms in total. The zero-order valence-corrected chi connectivity index (χ0v) is 13.8. The van der Waals surface area contributed by atoms with Crippen LogP contribution in [0.1, 0.15) is 28.4 Å². The molecule has 0 saturated carbocycles. The second-order valence-corrected chi connectivity index (χ2v) is 4.47. The van der Waals surface area contributed by atoms with E-state index in [9.17, 15) is 9.90 Å². The summed E-state index contributed by atoms with van der Waals surface area (Å²) >= 11 is 0. The summed E-state index contributed by atoms with van der Waals surface area (Å²) in [6, 6.07) is 13.5. The summed E-state index contributed by atoms with van der Waals surface area (Å²) in [4.78, 5) is 14.0. The average Bonchev–Trinajstić information content (AvgIpc) is 2.66. The molecule has 0 spiro atoms. The number of rotatable bonds is 3. The number of nitrogens with zero attached hydrogens (tertiary/aromatic N) is 1. The van der Waals surface area contributed by atoms with Crippen molar-refractivity contribution < 1.29 is 25.2 Å². The molecule has 0 radical (unpaired) electrons. The number of amides is 1. The highest BCUT2D eigenvalue weighted by Gasteiger charge is 2.11. The van der Waals surface area contributed by atoms with E-state index >= 15 is 0 Å². The molecule has 1 unspecified atom stereocenters. The summed E-state index contributed by atoms with van der Waals surface area (Å²) in [6.45, 7) is 3.02. The zero-order valence-electron chi connectivity index (χ0n) is 13.8. The van der Waals surface area contributed by atoms with Gasteiger partial charge in [0.1, 0.15) is 0 Å². The van der Waals surface area contributed by atoms with Crippen LogP contribution < -0.4 is 0 Å². The molecule has 1 atom stereocenters. The minimum Gasteiger partial charge on any atom is -0.504 e. The van der Waals surface area contributed by atoms with E-state index in [0.29, 0.717) is 6.42 Å². The van der Waals surface area contributed by atoms with Crippen molar-refractivity contribution in [3.63, 3.8) is 0 Å². The van der Waals surface area contributed by atoms with Crippen molar-refractivity contribution in [2.75, 3.05) is 7.11 Å². The van der Waals surface area contributed by atoms with Gasteiger partial charge < -0.3 is 20.4 Å². The molecule has 0 heterocycles. The number of aliphatic imine (C=N–C) groups is 1. The highest BCUT2D eigenvalue weighted by Crippen LogP contribution is 2.28. The molecular weight excluding hydrogens is 322 g/mol. The number of phenols is 2. The number of carbonyl (C=O) groups is 1. The molecule has 2 aromatic rings. The lowest BCUT2D eigenvalue weighted by molar-refractivity contribution is 0.100. The van der Waals surface area contributed by atoms with Crippen LogP contribution in [0.25, 0.3) is 0 Å². The first-order valence-corrected chi connectivity index (χ1v) is 7.14. The Morgan fingerprint density at radius 3 is 2.28 bits per heavy atom. The average molecular weight is 343 g/mol. The molecule has 0 bridgehead atoms. The van der Waals surface area contributed by atoms with E-state index in [1.807, 2.05) is 30.3 Å². The second-order valence-electron chi connectivity index (χ2n) is 4.47. The molecule has 0 saturated heterocycles. The van der Waals surface area contributed by atoms with Gasteiger partial charge in [0.25, 0.3) is 5.91 Å². The van der Waals surface area contributed by atoms with E-state index in [2.05, 4.69) is 17.6 Å². The van der Waals surface area contributed by atoms with E-state index in [1.165, 1.54) is 18.2 Å². The molecule has 0 aliphatic heterocycles. The normalized spacial score (nSPS) is 10.0. The Morgan fingerprint density at radius 1 is 1.16 bits per heavy atom. The molecular formula is C19H21NO5. The first-order chi connectivity index (χ1) is 12.0. The smallest absolute Gasteiger partial charge is 0.280 e. The third-order valence-corrected chi connectivity index (χ3v) is 2.88. The Bertz CT molecular complexity index is 707. The lowest BCUT2D eigenvalue weighted by Gasteiger charge is -2.05. The molecule has 25 heavy (non-hydrogen) atoms. The Labute approximate surface area is 146 Å². The van der Waals surface area contributed by atoms with Crippen LogP contribution in [0.5, 0.6) is 11.5 Å². The Kier molecular flexibility index (Phi) is 10.8. The predicted molar refractivity (Wildman–Crippen MR) is 96.6 cm³/mol. The van der Waals surface area contributed by atoms with Crippen LogP contribution >= 0.6 is 0 Å². The summed E-state index contributed by atoms with van der Waals surface area (Å²) in [6.07, 6.45) is 4.92. The molecule has 0 aliphatic carbocycles. The van der Waals surface area contributed by atoms with Crippen molar-refractivity contribution in [1.82, 2.24) is 0 Å². The van der Waals surface area contributed by atoms with Crippen LogP contribution in [0.15, 0.2) is 53.5 Å². The van der Waals surface area contributed by atoms with Crippen molar-refractivity contribution in [2.45, 2.75) is 12.5 Å². The van der Waals surface area contributed by atoms with Gasteiger partial charge in [0.15, 0.2) is 11.5 Å². The molecule has 0 fully saturated rings. The number of terminal acetylenes is 1. The maximum Gasteiger partial charge on any atom is 0.280 e. The molecule has 1 amide bonds. The number of hydrogen-bond donors (Lipinski definition) is 4. The fourth-order valence-electron chi connectivity index (χ4n) is 1.69. The van der Waals surface area contributed by atoms with Crippen molar-refractivity contribution in [1.29, 1.82) is 0 Å². The van der Waals surface area contributed by atoms with Gasteiger partial charge in [-0.2, -0.15) is 0 Å². The van der Waals surface area contributed by atoms with E-state index in [4.69, 9.17) is 21.7 Å². The van der Waals surface area contributed by atoms with Crippen LogP contribution in [0.2, 0.25) is 0 Å². The first kappa shape index (κ1) is 21.9. The first-order valence-electron chi connectivity index (χ1n) is 7.14. The number of hydrogen-bond acceptors (Lipinski definition) is 5. The molecule has 0 aliphatic rings. The highest BCUT2D eigenvalue weighted by molar-refractivity contribution is 5.99. The SMILES string of the molecule is C#CCC(O)c1ccccc1.C=NC(=O)c1cccc(O)c1O.CO. The van der Waals surface area contributed by atoms with Gasteiger partial charge in [-0.3, -0.25) is 4.79 Å². The minimum absolute atomic E-state index is 0.0509. The molecule has 2 aromatic carbocycles. The monoisotopic (exact) mass is 343 g/mol. The summed E-state index contributed by atoms with van der Waals surface area (Å²) in [5.41, 5.74) is 0.829. The topological polar surface area (TPSA) is 110 Å². The Balaban J connectivity index is 0.000000421. The van der Waals surface area contributed by atoms with Gasteiger partial charge in [0, 0.05) is 13.5 Å². The lowest BCUT2D eigenvalue weighted by atomic mass is 10.1. The van der Waals surface area contributed by atoms with Crippen molar-refractivity contribution in [3.05, 3.63) is 59.7 Å². The molecule has 6 heteroatoms. The Morgan fingerprint density at radius 2 is 1.76 bits per heavy atom. The maximum atomic E-state index is 10.9. The summed E-state index contributed by atoms with van der Waals surface area (Å²) in [5.74, 6) is 0.946. The van der Waals surface area contributed by atoms with Gasteiger partial charge in [-0.25, -0.2) is 4.99 Å². The number of para-hydroxylation sites is 1. The van der Waals surface area contributed by atoms with Gasteiger partial charge >= 0.3 is 0 Å². The van der Waals surface area contributed by atoms with Crippen LogP contribution in [-0.2, 0) is 0 Å². The fraction of sp³-hybridized carbons (Fsp3) is 0.158. The van der Waals surface area contributed by atoms with Crippen molar-refractivity contribution in [2.24, 2.45) is 4.99 Å². The summed E-state index contributed by atoms with van der Waals surface area (Å²) in [7, 11) is 1.00. The van der Waals surface area contributed by atoms with Gasteiger partial charge in [0.2, 0.25) is 0 Å². The number of aliphatic hydroxyl groups excluding tert-OH is 2. The Hall–Kier alpha value is -3.14. The number of phenolic OH excluding ortho intramolecular Hbond substituents is 2. The van der Waals surface area contributed by atoms with Gasteiger partial charge in [-0.1, -0.05) is 36.4 Å². The van der Waals surface area contributed by atoms with Crippen molar-refractivity contribution in [3.8, 4) is 23.8 Å². The quantitative estimate of drug-likeness (QED) is 0.388. The van der Waals surface area contributed by atoms with E-state index in [1.54, 1.807) is 0 Å². The third-order valence-electron chi connectivity index (χ3n) is 2.88. The van der Waals surface area contributed by atoms with Crippen molar-refractivity contribution >= 4 is 12.6 Å². The number of carbonyl (C=O) groups excluding carboxylic acids is 1. The van der Waals surface area contributed by atoms with Crippen LogP contribution in [0.3, 0.4) is 0 Å². The molecule has 132 valence electrons. The van der Waals surface area contributed by atoms with Gasteiger partial charge in [0.05, 0.1) is 11.7 Å². The van der Waals surface area contributed by atoms with Crippen LogP contribution in [-0.4, -0.2) is 40.2 Å². The fourth-order valence-corrected chi connectivity index (χ4v) is 1.69. The van der Waals surface area contributed by atoms with Gasteiger partial charge in [-0.05, 0) is 24.4 Å². The van der Waals surface area contributed by atoms with Crippen LogP contribution in [0, 0.1) is 12.3 Å². The minimum atomic E-state index is -0.664. The molecule has 4 N–H and O–H groups in total. The van der Waals surface area contributed by atoms with Gasteiger partial charge in [-0.15, -0.1) is 12.3 Å². The zero-order chi connectivity index (χ0) is 19.2. The number of aromatic hydroxyl groups is 2. The van der Waals surface area contributed by atoms with E-state index in [0.717, 1.165) is 12.7 Å². The largest absolute Gasteiger partial charge is 0.504 e.